The summed E-state index contributed by atoms with van der Waals surface area (Å²) in [5.41, 5.74) is 0. The van der Waals surface area contributed by atoms with Crippen LogP contribution in [-0.4, -0.2) is 68.2 Å². The molecule has 0 bridgehead atoms. The molecular formula is C15H22O10. The van der Waals surface area contributed by atoms with Crippen molar-refractivity contribution in [3.8, 4) is 0 Å². The smallest absolute Gasteiger partial charge is 0.303 e. The van der Waals surface area contributed by atoms with Gasteiger partial charge < -0.3 is 28.4 Å². The van der Waals surface area contributed by atoms with E-state index in [1.54, 1.807) is 0 Å². The van der Waals surface area contributed by atoms with Crippen LogP contribution in [-0.2, 0) is 47.6 Å². The zero-order valence-corrected chi connectivity index (χ0v) is 14.2. The van der Waals surface area contributed by atoms with Gasteiger partial charge in [-0.2, -0.15) is 0 Å². The molecule has 0 unspecified atom stereocenters. The first-order valence-electron chi connectivity index (χ1n) is 9.83. The van der Waals surface area contributed by atoms with Crippen LogP contribution in [0.1, 0.15) is 35.9 Å². The van der Waals surface area contributed by atoms with Crippen LogP contribution >= 0.6 is 0 Å². The molecule has 0 aliphatic carbocycles. The van der Waals surface area contributed by atoms with E-state index in [9.17, 15) is 19.2 Å². The molecule has 25 heavy (non-hydrogen) atoms. The van der Waals surface area contributed by atoms with Gasteiger partial charge >= 0.3 is 23.9 Å². The van der Waals surface area contributed by atoms with Gasteiger partial charge in [0.05, 0.1) is 8.22 Å². The molecular weight excluding hydrogens is 340 g/mol. The molecule has 1 aliphatic heterocycles. The second-order valence-electron chi connectivity index (χ2n) is 4.50. The van der Waals surface area contributed by atoms with Crippen LogP contribution in [0.2, 0.25) is 0 Å². The largest absolute Gasteiger partial charge is 0.463 e. The van der Waals surface area contributed by atoms with E-state index in [4.69, 9.17) is 31.9 Å². The fraction of sp³-hybridized carbons (Fsp3) is 0.733. The van der Waals surface area contributed by atoms with Crippen LogP contribution in [0.25, 0.3) is 0 Å². The Labute approximate surface area is 153 Å². The second kappa shape index (κ2) is 9.33. The molecule has 142 valence electrons. The van der Waals surface area contributed by atoms with Gasteiger partial charge in [0.25, 0.3) is 0 Å². The summed E-state index contributed by atoms with van der Waals surface area (Å²) < 4.78 is 78.5. The number of carbonyl (C=O) groups is 4. The first kappa shape index (κ1) is 13.1. The molecule has 1 fully saturated rings. The first-order valence-corrected chi connectivity index (χ1v) is 6.83. The van der Waals surface area contributed by atoms with Crippen LogP contribution in [0.15, 0.2) is 0 Å². The van der Waals surface area contributed by atoms with Gasteiger partial charge in [0, 0.05) is 34.8 Å². The van der Waals surface area contributed by atoms with Gasteiger partial charge in [-0.3, -0.25) is 19.2 Å². The van der Waals surface area contributed by atoms with Gasteiger partial charge in [0.2, 0.25) is 0 Å². The normalized spacial score (nSPS) is 44.4. The highest BCUT2D eigenvalue weighted by atomic mass is 16.7. The van der Waals surface area contributed by atoms with Crippen molar-refractivity contribution >= 4 is 23.9 Å². The molecule has 1 aliphatic rings. The lowest BCUT2D eigenvalue weighted by molar-refractivity contribution is -0.302. The summed E-state index contributed by atoms with van der Waals surface area (Å²) in [5.74, 6) is -5.26. The van der Waals surface area contributed by atoms with Crippen LogP contribution in [0.4, 0.5) is 0 Å². The third kappa shape index (κ3) is 6.31. The van der Waals surface area contributed by atoms with Crippen molar-refractivity contribution < 1.29 is 55.8 Å². The average molecular weight is 368 g/mol. The van der Waals surface area contributed by atoms with Crippen LogP contribution in [0.5, 0.6) is 0 Å². The van der Waals surface area contributed by atoms with Crippen molar-refractivity contribution in [1.82, 2.24) is 0 Å². The van der Waals surface area contributed by atoms with E-state index in [2.05, 4.69) is 4.74 Å². The molecule has 0 spiro atoms. The standard InChI is InChI=1S/C15H22O10/c1-7(16)21-6-11-12(22-8(2)17)13(23-9(3)18)14(24-10(4)19)15(20-5)25-11/h11-15H,6H2,1-5H3/t11-,12-,13+,14+,15+/m1/s1/i6D2,12D,13D,14D,15D. The Morgan fingerprint density at radius 3 is 1.80 bits per heavy atom. The highest BCUT2D eigenvalue weighted by Gasteiger charge is 2.52. The lowest BCUT2D eigenvalue weighted by atomic mass is 9.98. The minimum absolute atomic E-state index is 0.724. The Morgan fingerprint density at radius 1 is 0.880 bits per heavy atom. The summed E-state index contributed by atoms with van der Waals surface area (Å²) in [6, 6.07) is 0. The fourth-order valence-electron chi connectivity index (χ4n) is 1.62. The molecule has 5 atom stereocenters. The lowest BCUT2D eigenvalue weighted by Crippen LogP contribution is -2.62. The third-order valence-corrected chi connectivity index (χ3v) is 2.32. The predicted octanol–water partition coefficient (Wildman–Crippen LogP) is -0.284. The van der Waals surface area contributed by atoms with Crippen LogP contribution in [0, 0.1) is 0 Å². The van der Waals surface area contributed by atoms with Crippen molar-refractivity contribution in [2.75, 3.05) is 13.7 Å². The number of hydrogen-bond acceptors (Lipinski definition) is 10. The molecule has 0 N–H and O–H groups in total. The van der Waals surface area contributed by atoms with Crippen molar-refractivity contribution in [2.24, 2.45) is 0 Å². The molecule has 1 rings (SSSR count). The summed E-state index contributed by atoms with van der Waals surface area (Å²) in [5, 5.41) is 0. The minimum Gasteiger partial charge on any atom is -0.463 e. The zero-order valence-electron chi connectivity index (χ0n) is 20.2. The van der Waals surface area contributed by atoms with E-state index in [-0.39, 0.29) is 0 Å². The van der Waals surface area contributed by atoms with E-state index in [1.807, 2.05) is 0 Å². The molecule has 0 saturated carbocycles. The number of methoxy groups -OCH3 is 1. The zero-order chi connectivity index (χ0) is 24.6. The molecule has 10 heteroatoms. The van der Waals surface area contributed by atoms with Crippen molar-refractivity contribution in [3.63, 3.8) is 0 Å². The predicted molar refractivity (Wildman–Crippen MR) is 79.0 cm³/mol. The van der Waals surface area contributed by atoms with E-state index >= 15 is 0 Å². The van der Waals surface area contributed by atoms with Crippen molar-refractivity contribution in [3.05, 3.63) is 0 Å². The summed E-state index contributed by atoms with van der Waals surface area (Å²) in [6.45, 7) is -0.405. The number of rotatable bonds is 6. The third-order valence-electron chi connectivity index (χ3n) is 2.32. The maximum absolute atomic E-state index is 11.8. The molecule has 1 heterocycles. The molecule has 0 aromatic heterocycles. The molecule has 0 aromatic carbocycles. The number of esters is 4. The van der Waals surface area contributed by atoms with Crippen molar-refractivity contribution in [1.29, 1.82) is 0 Å². The molecule has 0 amide bonds. The fourth-order valence-corrected chi connectivity index (χ4v) is 1.62. The van der Waals surface area contributed by atoms with Gasteiger partial charge in [-0.05, 0) is 0 Å². The van der Waals surface area contributed by atoms with Gasteiger partial charge in [-0.25, -0.2) is 0 Å². The van der Waals surface area contributed by atoms with Gasteiger partial charge in [0.1, 0.15) is 12.7 Å². The van der Waals surface area contributed by atoms with Crippen LogP contribution in [0.3, 0.4) is 0 Å². The summed E-state index contributed by atoms with van der Waals surface area (Å²) in [6.07, 6.45) is -16.9. The average Bonchev–Trinajstić information content (AvgIpc) is 2.54. The highest BCUT2D eigenvalue weighted by molar-refractivity contribution is 5.68. The SMILES string of the molecule is [2H]C([2H])(OC(C)=O)[C@H]1O[C@]([2H])(OC)[C@@]([2H])(OC(C)=O)[C@@]([2H])(OC(C)=O)[C@]1([2H])OC(C)=O. The van der Waals surface area contributed by atoms with Gasteiger partial charge in [-0.1, -0.05) is 0 Å². The highest BCUT2D eigenvalue weighted by Crippen LogP contribution is 2.29. The maximum Gasteiger partial charge on any atom is 0.303 e. The van der Waals surface area contributed by atoms with Gasteiger partial charge in [-0.15, -0.1) is 0 Å². The van der Waals surface area contributed by atoms with E-state index in [1.165, 1.54) is 0 Å². The van der Waals surface area contributed by atoms with E-state index in [0.717, 1.165) is 34.8 Å². The number of hydrogen-bond donors (Lipinski definition) is 0. The summed E-state index contributed by atoms with van der Waals surface area (Å²) in [4.78, 5) is 46.6. The molecule has 0 aromatic rings. The Balaban J connectivity index is 4.03. The maximum atomic E-state index is 11.8. The molecule has 1 saturated heterocycles. The summed E-state index contributed by atoms with van der Waals surface area (Å²) >= 11 is 0. The van der Waals surface area contributed by atoms with Gasteiger partial charge in [0.15, 0.2) is 24.5 Å². The minimum atomic E-state index is -3.70. The Kier molecular flexibility index (Phi) is 4.87. The first-order chi connectivity index (χ1) is 13.8. The Bertz CT molecular complexity index is 779. The lowest BCUT2D eigenvalue weighted by Gasteiger charge is -2.43. The number of carbonyl (C=O) groups excluding carboxylic acids is 4. The molecule has 10 nitrogen and oxygen atoms in total. The van der Waals surface area contributed by atoms with E-state index in [0.29, 0.717) is 0 Å². The number of ether oxygens (including phenoxy) is 6. The van der Waals surface area contributed by atoms with Crippen molar-refractivity contribution in [2.45, 2.75) is 58.3 Å². The monoisotopic (exact) mass is 368 g/mol. The Hall–Kier alpha value is -2.20. The summed E-state index contributed by atoms with van der Waals surface area (Å²) in [7, 11) is 0.745. The second-order valence-corrected chi connectivity index (χ2v) is 4.50. The Morgan fingerprint density at radius 2 is 1.36 bits per heavy atom. The topological polar surface area (TPSA) is 124 Å². The molecule has 0 radical (unpaired) electrons. The van der Waals surface area contributed by atoms with E-state index < -0.39 is 61.0 Å². The quantitative estimate of drug-likeness (QED) is 0.456. The van der Waals surface area contributed by atoms with Crippen LogP contribution < -0.4 is 0 Å².